The highest BCUT2D eigenvalue weighted by atomic mass is 32.1. The fourth-order valence-electron chi connectivity index (χ4n) is 2.04. The third-order valence-electron chi connectivity index (χ3n) is 2.88. The van der Waals surface area contributed by atoms with Crippen molar-refractivity contribution in [3.8, 4) is 5.88 Å². The van der Waals surface area contributed by atoms with Crippen LogP contribution in [-0.4, -0.2) is 17.1 Å². The SMILES string of the molecule is COc1ncc(C2=CC=CCC2)c2scnc12. The van der Waals surface area contributed by atoms with E-state index in [1.54, 1.807) is 18.4 Å². The Balaban J connectivity index is 2.20. The van der Waals surface area contributed by atoms with Gasteiger partial charge in [-0.05, 0) is 18.4 Å². The first-order valence-corrected chi connectivity index (χ1v) is 6.40. The molecule has 0 atom stereocenters. The van der Waals surface area contributed by atoms with Gasteiger partial charge in [-0.3, -0.25) is 0 Å². The Bertz CT molecular complexity index is 613. The first-order valence-electron chi connectivity index (χ1n) is 5.52. The van der Waals surface area contributed by atoms with Gasteiger partial charge in [0.05, 0.1) is 17.3 Å². The number of ether oxygens (including phenoxy) is 1. The topological polar surface area (TPSA) is 35.0 Å². The van der Waals surface area contributed by atoms with Crippen molar-refractivity contribution in [2.45, 2.75) is 12.8 Å². The van der Waals surface area contributed by atoms with E-state index in [2.05, 4.69) is 28.2 Å². The summed E-state index contributed by atoms with van der Waals surface area (Å²) in [6.07, 6.45) is 10.5. The quantitative estimate of drug-likeness (QED) is 0.811. The number of nitrogens with zero attached hydrogens (tertiary/aromatic N) is 2. The van der Waals surface area contributed by atoms with Crippen LogP contribution in [0.15, 0.2) is 29.9 Å². The summed E-state index contributed by atoms with van der Waals surface area (Å²) in [5.74, 6) is 0.608. The Morgan fingerprint density at radius 1 is 1.35 bits per heavy atom. The van der Waals surface area contributed by atoms with Crippen LogP contribution in [0.25, 0.3) is 15.8 Å². The zero-order chi connectivity index (χ0) is 11.7. The molecule has 2 aromatic rings. The van der Waals surface area contributed by atoms with Gasteiger partial charge in [-0.25, -0.2) is 9.97 Å². The molecule has 2 aromatic heterocycles. The lowest BCUT2D eigenvalue weighted by Crippen LogP contribution is -1.93. The van der Waals surface area contributed by atoms with Crippen LogP contribution in [0.3, 0.4) is 0 Å². The second-order valence-corrected chi connectivity index (χ2v) is 4.72. The maximum Gasteiger partial charge on any atom is 0.241 e. The number of aromatic nitrogens is 2. The summed E-state index contributed by atoms with van der Waals surface area (Å²) in [5, 5.41) is 0. The molecule has 3 nitrogen and oxygen atoms in total. The van der Waals surface area contributed by atoms with E-state index in [0.29, 0.717) is 5.88 Å². The zero-order valence-corrected chi connectivity index (χ0v) is 10.3. The van der Waals surface area contributed by atoms with E-state index >= 15 is 0 Å². The summed E-state index contributed by atoms with van der Waals surface area (Å²) < 4.78 is 6.39. The minimum absolute atomic E-state index is 0.608. The molecule has 0 unspecified atom stereocenters. The fraction of sp³-hybridized carbons (Fsp3) is 0.231. The molecule has 1 aliphatic carbocycles. The van der Waals surface area contributed by atoms with Crippen LogP contribution in [-0.2, 0) is 0 Å². The van der Waals surface area contributed by atoms with E-state index in [-0.39, 0.29) is 0 Å². The van der Waals surface area contributed by atoms with Crippen molar-refractivity contribution in [1.82, 2.24) is 9.97 Å². The predicted molar refractivity (Wildman–Crippen MR) is 70.3 cm³/mol. The summed E-state index contributed by atoms with van der Waals surface area (Å²) >= 11 is 1.64. The van der Waals surface area contributed by atoms with Crippen molar-refractivity contribution in [3.05, 3.63) is 35.5 Å². The van der Waals surface area contributed by atoms with Gasteiger partial charge >= 0.3 is 0 Å². The summed E-state index contributed by atoms with van der Waals surface area (Å²) in [6.45, 7) is 0. The van der Waals surface area contributed by atoms with Gasteiger partial charge in [-0.15, -0.1) is 11.3 Å². The molecule has 0 radical (unpaired) electrons. The summed E-state index contributed by atoms with van der Waals surface area (Å²) in [5.41, 5.74) is 5.23. The average Bonchev–Trinajstić information content (AvgIpc) is 2.88. The lowest BCUT2D eigenvalue weighted by Gasteiger charge is -2.10. The highest BCUT2D eigenvalue weighted by molar-refractivity contribution is 7.17. The van der Waals surface area contributed by atoms with Crippen molar-refractivity contribution < 1.29 is 4.74 Å². The molecule has 0 saturated carbocycles. The predicted octanol–water partition coefficient (Wildman–Crippen LogP) is 3.43. The van der Waals surface area contributed by atoms with Crippen molar-refractivity contribution in [2.24, 2.45) is 0 Å². The molecule has 0 fully saturated rings. The molecule has 0 N–H and O–H groups in total. The lowest BCUT2D eigenvalue weighted by atomic mass is 9.99. The number of rotatable bonds is 2. The van der Waals surface area contributed by atoms with Crippen LogP contribution in [0, 0.1) is 0 Å². The summed E-state index contributed by atoms with van der Waals surface area (Å²) in [4.78, 5) is 8.66. The van der Waals surface area contributed by atoms with Gasteiger partial charge in [0.15, 0.2) is 0 Å². The Morgan fingerprint density at radius 2 is 2.29 bits per heavy atom. The summed E-state index contributed by atoms with van der Waals surface area (Å²) in [7, 11) is 1.63. The number of allylic oxidation sites excluding steroid dienone is 4. The maximum atomic E-state index is 5.23. The first kappa shape index (κ1) is 10.5. The minimum atomic E-state index is 0.608. The number of hydrogen-bond acceptors (Lipinski definition) is 4. The fourth-order valence-corrected chi connectivity index (χ4v) is 2.86. The molecule has 3 rings (SSSR count). The Kier molecular flexibility index (Phi) is 2.65. The Morgan fingerprint density at radius 3 is 3.06 bits per heavy atom. The molecule has 0 aliphatic heterocycles. The van der Waals surface area contributed by atoms with Crippen molar-refractivity contribution in [1.29, 1.82) is 0 Å². The van der Waals surface area contributed by atoms with Gasteiger partial charge < -0.3 is 4.74 Å². The number of fused-ring (bicyclic) bond motifs is 1. The molecule has 86 valence electrons. The minimum Gasteiger partial charge on any atom is -0.479 e. The van der Waals surface area contributed by atoms with Crippen molar-refractivity contribution in [2.75, 3.05) is 7.11 Å². The van der Waals surface area contributed by atoms with Gasteiger partial charge in [0.1, 0.15) is 5.52 Å². The molecule has 0 saturated heterocycles. The number of thiazole rings is 1. The van der Waals surface area contributed by atoms with Gasteiger partial charge in [0.2, 0.25) is 5.88 Å². The smallest absolute Gasteiger partial charge is 0.241 e. The number of methoxy groups -OCH3 is 1. The second-order valence-electron chi connectivity index (χ2n) is 3.87. The Hall–Kier alpha value is -1.68. The van der Waals surface area contributed by atoms with E-state index in [1.807, 2.05) is 11.7 Å². The molecule has 0 spiro atoms. The summed E-state index contributed by atoms with van der Waals surface area (Å²) in [6, 6.07) is 0. The molecule has 17 heavy (non-hydrogen) atoms. The third-order valence-corrected chi connectivity index (χ3v) is 3.74. The highest BCUT2D eigenvalue weighted by Gasteiger charge is 2.14. The zero-order valence-electron chi connectivity index (χ0n) is 9.51. The average molecular weight is 244 g/mol. The van der Waals surface area contributed by atoms with Gasteiger partial charge in [0, 0.05) is 11.8 Å². The van der Waals surface area contributed by atoms with Crippen LogP contribution >= 0.6 is 11.3 Å². The number of hydrogen-bond donors (Lipinski definition) is 0. The third kappa shape index (κ3) is 1.74. The van der Waals surface area contributed by atoms with E-state index in [0.717, 1.165) is 18.4 Å². The molecule has 1 aliphatic rings. The molecule has 4 heteroatoms. The van der Waals surface area contributed by atoms with Crippen LogP contribution in [0.5, 0.6) is 5.88 Å². The molecule has 2 heterocycles. The van der Waals surface area contributed by atoms with E-state index < -0.39 is 0 Å². The maximum absolute atomic E-state index is 5.23. The van der Waals surface area contributed by atoms with Crippen molar-refractivity contribution in [3.63, 3.8) is 0 Å². The molecule has 0 amide bonds. The molecule has 0 bridgehead atoms. The Labute approximate surface area is 103 Å². The highest BCUT2D eigenvalue weighted by Crippen LogP contribution is 2.34. The van der Waals surface area contributed by atoms with Crippen LogP contribution in [0.4, 0.5) is 0 Å². The first-order chi connectivity index (χ1) is 8.40. The van der Waals surface area contributed by atoms with Gasteiger partial charge in [0.25, 0.3) is 0 Å². The molecular formula is C13H12N2OS. The molecular weight excluding hydrogens is 232 g/mol. The second kappa shape index (κ2) is 4.30. The molecule has 0 aromatic carbocycles. The monoisotopic (exact) mass is 244 g/mol. The van der Waals surface area contributed by atoms with Crippen LogP contribution < -0.4 is 4.74 Å². The van der Waals surface area contributed by atoms with Crippen molar-refractivity contribution >= 4 is 27.1 Å². The lowest BCUT2D eigenvalue weighted by molar-refractivity contribution is 0.402. The van der Waals surface area contributed by atoms with Crippen LogP contribution in [0.1, 0.15) is 18.4 Å². The standard InChI is InChI=1S/C13H12N2OS/c1-16-13-11-12(17-8-15-11)10(7-14-13)9-5-3-2-4-6-9/h2-3,5,7-8H,4,6H2,1H3. The largest absolute Gasteiger partial charge is 0.479 e. The number of pyridine rings is 1. The van der Waals surface area contributed by atoms with E-state index in [4.69, 9.17) is 4.74 Å². The van der Waals surface area contributed by atoms with E-state index in [1.165, 1.54) is 15.8 Å². The van der Waals surface area contributed by atoms with Crippen LogP contribution in [0.2, 0.25) is 0 Å². The van der Waals surface area contributed by atoms with Gasteiger partial charge in [-0.1, -0.05) is 18.2 Å². The van der Waals surface area contributed by atoms with E-state index in [9.17, 15) is 0 Å². The van der Waals surface area contributed by atoms with Gasteiger partial charge in [-0.2, -0.15) is 0 Å². The normalized spacial score (nSPS) is 15.0.